The number of cyclic esters (lactones) is 1. The van der Waals surface area contributed by atoms with Crippen molar-refractivity contribution in [3.05, 3.63) is 35.9 Å². The van der Waals surface area contributed by atoms with Crippen LogP contribution >= 0.6 is 0 Å². The summed E-state index contributed by atoms with van der Waals surface area (Å²) in [4.78, 5) is 10.4. The molecule has 0 spiro atoms. The quantitative estimate of drug-likeness (QED) is 0.677. The van der Waals surface area contributed by atoms with Crippen LogP contribution in [0.3, 0.4) is 0 Å². The molecule has 1 heterocycles. The maximum absolute atomic E-state index is 10.4. The molecule has 1 atom stereocenters. The lowest BCUT2D eigenvalue weighted by Gasteiger charge is -2.01. The van der Waals surface area contributed by atoms with Crippen LogP contribution in [0.25, 0.3) is 0 Å². The van der Waals surface area contributed by atoms with Gasteiger partial charge in [0, 0.05) is 6.42 Å². The molecular formula is C14H22O2. The highest BCUT2D eigenvalue weighted by molar-refractivity contribution is 5.71. The minimum atomic E-state index is -0.0307. The highest BCUT2D eigenvalue weighted by Crippen LogP contribution is 2.15. The Hall–Kier alpha value is -1.31. The normalized spacial score (nSPS) is 17.9. The van der Waals surface area contributed by atoms with E-state index in [1.165, 1.54) is 5.56 Å². The van der Waals surface area contributed by atoms with Gasteiger partial charge in [0.1, 0.15) is 6.10 Å². The van der Waals surface area contributed by atoms with E-state index >= 15 is 0 Å². The van der Waals surface area contributed by atoms with E-state index in [4.69, 9.17) is 4.74 Å². The average molecular weight is 222 g/mol. The van der Waals surface area contributed by atoms with Gasteiger partial charge >= 0.3 is 5.97 Å². The number of ether oxygens (including phenoxy) is 1. The molecule has 2 heteroatoms. The SMILES string of the molecule is C.CCC1CCC(=O)O1.Cc1ccccc1. The molecule has 1 fully saturated rings. The summed E-state index contributed by atoms with van der Waals surface area (Å²) < 4.78 is 4.87. The fourth-order valence-electron chi connectivity index (χ4n) is 1.40. The first kappa shape index (κ1) is 14.7. The van der Waals surface area contributed by atoms with Gasteiger partial charge in [-0.1, -0.05) is 50.2 Å². The first-order chi connectivity index (χ1) is 7.22. The molecular weight excluding hydrogens is 200 g/mol. The summed E-state index contributed by atoms with van der Waals surface area (Å²) in [5.41, 5.74) is 1.32. The van der Waals surface area contributed by atoms with Crippen LogP contribution in [-0.2, 0) is 9.53 Å². The fraction of sp³-hybridized carbons (Fsp3) is 0.500. The zero-order chi connectivity index (χ0) is 11.1. The van der Waals surface area contributed by atoms with E-state index in [1.807, 2.05) is 25.1 Å². The summed E-state index contributed by atoms with van der Waals surface area (Å²) in [5, 5.41) is 0. The third-order valence-corrected chi connectivity index (χ3v) is 2.36. The maximum atomic E-state index is 10.4. The number of carbonyl (C=O) groups is 1. The molecule has 1 aliphatic rings. The van der Waals surface area contributed by atoms with Crippen molar-refractivity contribution in [1.82, 2.24) is 0 Å². The molecule has 90 valence electrons. The van der Waals surface area contributed by atoms with Gasteiger partial charge in [-0.25, -0.2) is 0 Å². The lowest BCUT2D eigenvalue weighted by atomic mass is 10.2. The molecule has 0 N–H and O–H groups in total. The van der Waals surface area contributed by atoms with E-state index in [1.54, 1.807) is 0 Å². The molecule has 0 radical (unpaired) electrons. The Labute approximate surface area is 98.6 Å². The van der Waals surface area contributed by atoms with Crippen molar-refractivity contribution < 1.29 is 9.53 Å². The van der Waals surface area contributed by atoms with Crippen molar-refractivity contribution >= 4 is 5.97 Å². The van der Waals surface area contributed by atoms with Gasteiger partial charge in [0.2, 0.25) is 0 Å². The van der Waals surface area contributed by atoms with E-state index < -0.39 is 0 Å². The molecule has 0 bridgehead atoms. The molecule has 0 saturated carbocycles. The second kappa shape index (κ2) is 7.91. The Balaban J connectivity index is 0.000000267. The predicted octanol–water partition coefficient (Wildman–Crippen LogP) is 3.73. The largest absolute Gasteiger partial charge is 0.462 e. The lowest BCUT2D eigenvalue weighted by molar-refractivity contribution is -0.141. The van der Waals surface area contributed by atoms with Crippen LogP contribution in [0.5, 0.6) is 0 Å². The zero-order valence-electron chi connectivity index (χ0n) is 9.40. The molecule has 1 saturated heterocycles. The van der Waals surface area contributed by atoms with E-state index in [0.717, 1.165) is 12.8 Å². The first-order valence-corrected chi connectivity index (χ1v) is 5.43. The standard InChI is InChI=1S/C7H8.C6H10O2.CH4/c1-7-5-3-2-4-6-7;1-2-5-3-4-6(7)8-5;/h2-6H,1H3;5H,2-4H2,1H3;1H4. The monoisotopic (exact) mass is 222 g/mol. The number of benzene rings is 1. The zero-order valence-corrected chi connectivity index (χ0v) is 9.40. The first-order valence-electron chi connectivity index (χ1n) is 5.43. The molecule has 0 aromatic heterocycles. The van der Waals surface area contributed by atoms with Gasteiger partial charge in [0.25, 0.3) is 0 Å². The average Bonchev–Trinajstić information content (AvgIpc) is 2.66. The van der Waals surface area contributed by atoms with E-state index in [-0.39, 0.29) is 19.5 Å². The van der Waals surface area contributed by atoms with E-state index in [0.29, 0.717) is 6.42 Å². The van der Waals surface area contributed by atoms with E-state index in [9.17, 15) is 4.79 Å². The Morgan fingerprint density at radius 1 is 1.31 bits per heavy atom. The third kappa shape index (κ3) is 5.54. The highest BCUT2D eigenvalue weighted by atomic mass is 16.5. The Morgan fingerprint density at radius 3 is 2.19 bits per heavy atom. The van der Waals surface area contributed by atoms with E-state index in [2.05, 4.69) is 19.1 Å². The molecule has 2 nitrogen and oxygen atoms in total. The van der Waals surface area contributed by atoms with Gasteiger partial charge < -0.3 is 4.74 Å². The molecule has 16 heavy (non-hydrogen) atoms. The predicted molar refractivity (Wildman–Crippen MR) is 67.3 cm³/mol. The minimum absolute atomic E-state index is 0. The van der Waals surface area contributed by atoms with Gasteiger partial charge in [0.15, 0.2) is 0 Å². The van der Waals surface area contributed by atoms with Crippen molar-refractivity contribution in [2.75, 3.05) is 0 Å². The van der Waals surface area contributed by atoms with Gasteiger partial charge in [0.05, 0.1) is 0 Å². The molecule has 1 unspecified atom stereocenters. The number of carbonyl (C=O) groups excluding carboxylic acids is 1. The lowest BCUT2D eigenvalue weighted by Crippen LogP contribution is -2.03. The summed E-state index contributed by atoms with van der Waals surface area (Å²) in [7, 11) is 0. The van der Waals surface area contributed by atoms with Gasteiger partial charge in [-0.05, 0) is 19.8 Å². The van der Waals surface area contributed by atoms with Crippen LogP contribution in [0.15, 0.2) is 30.3 Å². The molecule has 2 rings (SSSR count). The molecule has 1 aliphatic heterocycles. The number of hydrogen-bond acceptors (Lipinski definition) is 2. The van der Waals surface area contributed by atoms with Crippen molar-refractivity contribution in [2.45, 2.75) is 46.6 Å². The molecule has 0 amide bonds. The third-order valence-electron chi connectivity index (χ3n) is 2.36. The van der Waals surface area contributed by atoms with Crippen molar-refractivity contribution in [2.24, 2.45) is 0 Å². The van der Waals surface area contributed by atoms with Crippen LogP contribution < -0.4 is 0 Å². The smallest absolute Gasteiger partial charge is 0.306 e. The second-order valence-corrected chi connectivity index (χ2v) is 3.71. The van der Waals surface area contributed by atoms with Gasteiger partial charge in [-0.3, -0.25) is 4.79 Å². The molecule has 1 aromatic rings. The topological polar surface area (TPSA) is 26.3 Å². The Morgan fingerprint density at radius 2 is 1.94 bits per heavy atom. The minimum Gasteiger partial charge on any atom is -0.462 e. The highest BCUT2D eigenvalue weighted by Gasteiger charge is 2.20. The van der Waals surface area contributed by atoms with Crippen molar-refractivity contribution in [3.63, 3.8) is 0 Å². The summed E-state index contributed by atoms with van der Waals surface area (Å²) in [6.07, 6.45) is 2.74. The molecule has 0 aliphatic carbocycles. The fourth-order valence-corrected chi connectivity index (χ4v) is 1.40. The Bertz CT molecular complexity index is 293. The summed E-state index contributed by atoms with van der Waals surface area (Å²) in [6, 6.07) is 10.3. The summed E-state index contributed by atoms with van der Waals surface area (Å²) in [6.45, 7) is 4.11. The van der Waals surface area contributed by atoms with Crippen LogP contribution in [0.4, 0.5) is 0 Å². The van der Waals surface area contributed by atoms with Crippen molar-refractivity contribution in [1.29, 1.82) is 0 Å². The molecule has 1 aromatic carbocycles. The number of aryl methyl sites for hydroxylation is 1. The Kier molecular flexibility index (Phi) is 7.27. The van der Waals surface area contributed by atoms with Crippen LogP contribution in [-0.4, -0.2) is 12.1 Å². The number of rotatable bonds is 1. The van der Waals surface area contributed by atoms with Crippen LogP contribution in [0.2, 0.25) is 0 Å². The summed E-state index contributed by atoms with van der Waals surface area (Å²) >= 11 is 0. The number of hydrogen-bond donors (Lipinski definition) is 0. The second-order valence-electron chi connectivity index (χ2n) is 3.71. The van der Waals surface area contributed by atoms with Crippen LogP contribution in [0, 0.1) is 6.92 Å². The van der Waals surface area contributed by atoms with Crippen molar-refractivity contribution in [3.8, 4) is 0 Å². The maximum Gasteiger partial charge on any atom is 0.306 e. The van der Waals surface area contributed by atoms with Gasteiger partial charge in [-0.15, -0.1) is 0 Å². The van der Waals surface area contributed by atoms with Gasteiger partial charge in [-0.2, -0.15) is 0 Å². The summed E-state index contributed by atoms with van der Waals surface area (Å²) in [5.74, 6) is -0.0307. The van der Waals surface area contributed by atoms with Crippen LogP contribution in [0.1, 0.15) is 39.2 Å². The number of esters is 1.